The summed E-state index contributed by atoms with van der Waals surface area (Å²) in [5, 5.41) is 18.5. The molecule has 0 saturated carbocycles. The van der Waals surface area contributed by atoms with E-state index in [9.17, 15) is 14.7 Å². The lowest BCUT2D eigenvalue weighted by atomic mass is 10.1. The molecule has 0 aliphatic heterocycles. The summed E-state index contributed by atoms with van der Waals surface area (Å²) in [6, 6.07) is 9.26. The van der Waals surface area contributed by atoms with Crippen LogP contribution in [0.15, 0.2) is 36.4 Å². The summed E-state index contributed by atoms with van der Waals surface area (Å²) in [6.07, 6.45) is 0. The summed E-state index contributed by atoms with van der Waals surface area (Å²) in [7, 11) is 0. The van der Waals surface area contributed by atoms with Gasteiger partial charge in [0, 0.05) is 5.69 Å². The number of nitrogens with zero attached hydrogens (tertiary/aromatic N) is 2. The largest absolute Gasteiger partial charge is 0.478 e. The maximum absolute atomic E-state index is 11.6. The summed E-state index contributed by atoms with van der Waals surface area (Å²) in [4.78, 5) is 26.9. The molecule has 0 bridgehead atoms. The molecule has 7 heteroatoms. The first-order valence-corrected chi connectivity index (χ1v) is 7.02. The van der Waals surface area contributed by atoms with Crippen molar-refractivity contribution in [2.75, 3.05) is 0 Å². The second-order valence-electron chi connectivity index (χ2n) is 4.94. The van der Waals surface area contributed by atoms with Gasteiger partial charge in [0.2, 0.25) is 0 Å². The monoisotopic (exact) mass is 330 g/mol. The Labute approximate surface area is 135 Å². The van der Waals surface area contributed by atoms with Crippen LogP contribution in [-0.4, -0.2) is 31.7 Å². The molecular weight excluding hydrogens is 320 g/mol. The Morgan fingerprint density at radius 2 is 1.70 bits per heavy atom. The molecule has 0 spiro atoms. The van der Waals surface area contributed by atoms with Crippen LogP contribution < -0.4 is 0 Å². The molecule has 1 heterocycles. The molecule has 0 unspecified atom stereocenters. The third kappa shape index (κ3) is 2.43. The number of fused-ring (bicyclic) bond motifs is 1. The van der Waals surface area contributed by atoms with Crippen LogP contribution in [0.5, 0.6) is 0 Å². The Balaban J connectivity index is 2.32. The van der Waals surface area contributed by atoms with Gasteiger partial charge in [-0.2, -0.15) is 0 Å². The topological polar surface area (TPSA) is 92.4 Å². The first-order chi connectivity index (χ1) is 10.9. The van der Waals surface area contributed by atoms with Crippen molar-refractivity contribution in [3.63, 3.8) is 0 Å². The Kier molecular flexibility index (Phi) is 3.54. The van der Waals surface area contributed by atoms with E-state index in [0.717, 1.165) is 0 Å². The van der Waals surface area contributed by atoms with E-state index in [1.54, 1.807) is 29.7 Å². The van der Waals surface area contributed by atoms with Gasteiger partial charge in [-0.25, -0.2) is 14.6 Å². The van der Waals surface area contributed by atoms with Gasteiger partial charge < -0.3 is 10.2 Å². The molecule has 3 rings (SSSR count). The standard InChI is InChI=1S/C16H11ClN2O4/c1-8-18-12-7-6-11(17)13(16(22)23)14(12)19(8)10-4-2-9(3-5-10)15(20)21/h2-7H,1H3,(H,20,21)(H,22,23). The second kappa shape index (κ2) is 5.40. The van der Waals surface area contributed by atoms with E-state index in [0.29, 0.717) is 22.5 Å². The highest BCUT2D eigenvalue weighted by Gasteiger charge is 2.20. The van der Waals surface area contributed by atoms with Crippen molar-refractivity contribution in [3.05, 3.63) is 58.4 Å². The fourth-order valence-corrected chi connectivity index (χ4v) is 2.76. The minimum absolute atomic E-state index is 0.0351. The van der Waals surface area contributed by atoms with Gasteiger partial charge in [0.05, 0.1) is 21.6 Å². The molecule has 2 aromatic carbocycles. The van der Waals surface area contributed by atoms with Crippen LogP contribution in [0.1, 0.15) is 26.5 Å². The molecule has 0 aliphatic rings. The third-order valence-corrected chi connectivity index (χ3v) is 3.84. The molecule has 0 atom stereocenters. The van der Waals surface area contributed by atoms with Crippen molar-refractivity contribution in [3.8, 4) is 5.69 Å². The van der Waals surface area contributed by atoms with Gasteiger partial charge in [-0.05, 0) is 43.3 Å². The lowest BCUT2D eigenvalue weighted by molar-refractivity contribution is 0.0687. The van der Waals surface area contributed by atoms with Crippen LogP contribution in [0.4, 0.5) is 0 Å². The molecule has 2 N–H and O–H groups in total. The van der Waals surface area contributed by atoms with E-state index in [1.807, 2.05) is 0 Å². The second-order valence-corrected chi connectivity index (χ2v) is 5.35. The minimum atomic E-state index is -1.15. The average Bonchev–Trinajstić information content (AvgIpc) is 2.82. The van der Waals surface area contributed by atoms with Crippen molar-refractivity contribution >= 4 is 34.6 Å². The highest BCUT2D eigenvalue weighted by atomic mass is 35.5. The quantitative estimate of drug-likeness (QED) is 0.768. The number of aromatic carboxylic acids is 2. The van der Waals surface area contributed by atoms with Crippen LogP contribution in [0.3, 0.4) is 0 Å². The number of benzene rings is 2. The number of aryl methyl sites for hydroxylation is 1. The predicted molar refractivity (Wildman–Crippen MR) is 84.7 cm³/mol. The molecule has 23 heavy (non-hydrogen) atoms. The number of aromatic nitrogens is 2. The Hall–Kier alpha value is -2.86. The normalized spacial score (nSPS) is 10.9. The number of rotatable bonds is 3. The lowest BCUT2D eigenvalue weighted by Crippen LogP contribution is -2.05. The van der Waals surface area contributed by atoms with Crippen molar-refractivity contribution in [2.45, 2.75) is 6.92 Å². The van der Waals surface area contributed by atoms with E-state index in [2.05, 4.69) is 4.98 Å². The SMILES string of the molecule is Cc1nc2ccc(Cl)c(C(=O)O)c2n1-c1ccc(C(=O)O)cc1. The number of carbonyl (C=O) groups is 2. The maximum Gasteiger partial charge on any atom is 0.339 e. The van der Waals surface area contributed by atoms with Gasteiger partial charge in [0.1, 0.15) is 11.4 Å². The van der Waals surface area contributed by atoms with Gasteiger partial charge in [-0.3, -0.25) is 4.57 Å². The van der Waals surface area contributed by atoms with Gasteiger partial charge in [-0.1, -0.05) is 11.6 Å². The smallest absolute Gasteiger partial charge is 0.339 e. The highest BCUT2D eigenvalue weighted by molar-refractivity contribution is 6.35. The van der Waals surface area contributed by atoms with Crippen LogP contribution in [0, 0.1) is 6.92 Å². The summed E-state index contributed by atoms with van der Waals surface area (Å²) >= 11 is 6.03. The number of carboxylic acid groups (broad SMARTS) is 2. The van der Waals surface area contributed by atoms with Crippen molar-refractivity contribution in [1.29, 1.82) is 0 Å². The van der Waals surface area contributed by atoms with Crippen LogP contribution in [0.25, 0.3) is 16.7 Å². The molecule has 0 radical (unpaired) electrons. The number of hydrogen-bond acceptors (Lipinski definition) is 3. The molecular formula is C16H11ClN2O4. The van der Waals surface area contributed by atoms with Crippen molar-refractivity contribution in [1.82, 2.24) is 9.55 Å². The Morgan fingerprint density at radius 1 is 1.04 bits per heavy atom. The number of hydrogen-bond donors (Lipinski definition) is 2. The van der Waals surface area contributed by atoms with E-state index in [-0.39, 0.29) is 16.1 Å². The van der Waals surface area contributed by atoms with Crippen molar-refractivity contribution in [2.24, 2.45) is 0 Å². The molecule has 1 aromatic heterocycles. The van der Waals surface area contributed by atoms with Gasteiger partial charge in [-0.15, -0.1) is 0 Å². The van der Waals surface area contributed by atoms with E-state index in [4.69, 9.17) is 16.7 Å². The van der Waals surface area contributed by atoms with E-state index >= 15 is 0 Å². The van der Waals surface area contributed by atoms with Gasteiger partial charge in [0.15, 0.2) is 0 Å². The van der Waals surface area contributed by atoms with E-state index < -0.39 is 11.9 Å². The lowest BCUT2D eigenvalue weighted by Gasteiger charge is -2.10. The fourth-order valence-electron chi connectivity index (χ4n) is 2.53. The van der Waals surface area contributed by atoms with Crippen LogP contribution in [-0.2, 0) is 0 Å². The van der Waals surface area contributed by atoms with Crippen LogP contribution in [0.2, 0.25) is 5.02 Å². The third-order valence-electron chi connectivity index (χ3n) is 3.52. The fraction of sp³-hybridized carbons (Fsp3) is 0.0625. The maximum atomic E-state index is 11.6. The number of carboxylic acids is 2. The molecule has 0 amide bonds. The molecule has 0 fully saturated rings. The molecule has 0 aliphatic carbocycles. The van der Waals surface area contributed by atoms with Crippen molar-refractivity contribution < 1.29 is 19.8 Å². The average molecular weight is 331 g/mol. The van der Waals surface area contributed by atoms with E-state index in [1.165, 1.54) is 18.2 Å². The molecule has 0 saturated heterocycles. The van der Waals surface area contributed by atoms with Crippen LogP contribution >= 0.6 is 11.6 Å². The first-order valence-electron chi connectivity index (χ1n) is 6.64. The minimum Gasteiger partial charge on any atom is -0.478 e. The van der Waals surface area contributed by atoms with Gasteiger partial charge >= 0.3 is 11.9 Å². The molecule has 6 nitrogen and oxygen atoms in total. The first kappa shape index (κ1) is 15.1. The zero-order valence-corrected chi connectivity index (χ0v) is 12.7. The summed E-state index contributed by atoms with van der Waals surface area (Å²) < 4.78 is 1.65. The molecule has 116 valence electrons. The predicted octanol–water partition coefficient (Wildman–Crippen LogP) is 3.38. The van der Waals surface area contributed by atoms with Gasteiger partial charge in [0.25, 0.3) is 0 Å². The summed E-state index contributed by atoms with van der Waals surface area (Å²) in [5.41, 5.74) is 1.61. The molecule has 3 aromatic rings. The Morgan fingerprint density at radius 3 is 2.26 bits per heavy atom. The Bertz CT molecular complexity index is 945. The summed E-state index contributed by atoms with van der Waals surface area (Å²) in [5.74, 6) is -1.60. The number of halogens is 1. The number of imidazole rings is 1. The highest BCUT2D eigenvalue weighted by Crippen LogP contribution is 2.29. The zero-order chi connectivity index (χ0) is 16.7. The summed E-state index contributed by atoms with van der Waals surface area (Å²) in [6.45, 7) is 1.74. The zero-order valence-electron chi connectivity index (χ0n) is 11.9.